The van der Waals surface area contributed by atoms with Crippen LogP contribution in [0.1, 0.15) is 11.1 Å². The van der Waals surface area contributed by atoms with Gasteiger partial charge in [0.2, 0.25) is 0 Å². The van der Waals surface area contributed by atoms with Crippen molar-refractivity contribution in [3.8, 4) is 5.75 Å². The summed E-state index contributed by atoms with van der Waals surface area (Å²) in [4.78, 5) is 13.8. The first-order valence-corrected chi connectivity index (χ1v) is 7.77. The first-order valence-electron chi connectivity index (χ1n) is 7.77. The maximum absolute atomic E-state index is 11.8. The van der Waals surface area contributed by atoms with Crippen LogP contribution in [0.4, 0.5) is 5.69 Å². The number of anilines is 1. The molecule has 0 aliphatic rings. The summed E-state index contributed by atoms with van der Waals surface area (Å²) in [5.41, 5.74) is 3.54. The Morgan fingerprint density at radius 2 is 1.70 bits per heavy atom. The lowest BCUT2D eigenvalue weighted by Gasteiger charge is -2.12. The first-order chi connectivity index (χ1) is 11.0. The number of hydrogen-bond acceptors (Lipinski definition) is 3. The summed E-state index contributed by atoms with van der Waals surface area (Å²) in [6.45, 7) is 2.67. The van der Waals surface area contributed by atoms with Gasteiger partial charge in [-0.15, -0.1) is 0 Å². The molecule has 0 bridgehead atoms. The van der Waals surface area contributed by atoms with Crippen molar-refractivity contribution >= 4 is 11.6 Å². The van der Waals surface area contributed by atoms with Crippen LogP contribution in [0, 0.1) is 6.92 Å². The van der Waals surface area contributed by atoms with Crippen LogP contribution in [0.15, 0.2) is 48.5 Å². The second-order valence-corrected chi connectivity index (χ2v) is 5.76. The Morgan fingerprint density at radius 3 is 2.30 bits per heavy atom. The fraction of sp³-hybridized carbons (Fsp3) is 0.316. The van der Waals surface area contributed by atoms with Gasteiger partial charge in [-0.1, -0.05) is 29.8 Å². The minimum atomic E-state index is -0.101. The van der Waals surface area contributed by atoms with Crippen molar-refractivity contribution in [1.82, 2.24) is 5.32 Å². The minimum Gasteiger partial charge on any atom is -0.484 e. The Labute approximate surface area is 138 Å². The number of hydrogen-bond donors (Lipinski definition) is 1. The summed E-state index contributed by atoms with van der Waals surface area (Å²) in [5, 5.41) is 2.88. The molecule has 0 atom stereocenters. The monoisotopic (exact) mass is 312 g/mol. The zero-order valence-electron chi connectivity index (χ0n) is 14.0. The molecule has 2 rings (SSSR count). The van der Waals surface area contributed by atoms with Gasteiger partial charge in [-0.3, -0.25) is 4.79 Å². The predicted octanol–water partition coefficient (Wildman–Crippen LogP) is 2.80. The third-order valence-corrected chi connectivity index (χ3v) is 3.58. The lowest BCUT2D eigenvalue weighted by Crippen LogP contribution is -2.30. The van der Waals surface area contributed by atoms with E-state index in [1.165, 1.54) is 16.8 Å². The molecular formula is C19H24N2O2. The molecule has 0 saturated heterocycles. The molecule has 0 radical (unpaired) electrons. The van der Waals surface area contributed by atoms with E-state index >= 15 is 0 Å². The zero-order chi connectivity index (χ0) is 16.7. The van der Waals surface area contributed by atoms with Crippen LogP contribution in [0.5, 0.6) is 5.75 Å². The molecule has 0 unspecified atom stereocenters. The largest absolute Gasteiger partial charge is 0.484 e. The van der Waals surface area contributed by atoms with Crippen molar-refractivity contribution in [2.24, 2.45) is 0 Å². The standard InChI is InChI=1S/C19H24N2O2/c1-15-4-10-18(11-5-15)23-14-19(22)20-13-12-16-6-8-17(9-7-16)21(2)3/h4-11H,12-14H2,1-3H3,(H,20,22). The van der Waals surface area contributed by atoms with Crippen molar-refractivity contribution in [3.63, 3.8) is 0 Å². The van der Waals surface area contributed by atoms with Crippen LogP contribution in [-0.2, 0) is 11.2 Å². The average molecular weight is 312 g/mol. The Morgan fingerprint density at radius 1 is 1.04 bits per heavy atom. The summed E-state index contributed by atoms with van der Waals surface area (Å²) in [6, 6.07) is 16.0. The van der Waals surface area contributed by atoms with Crippen molar-refractivity contribution in [3.05, 3.63) is 59.7 Å². The van der Waals surface area contributed by atoms with Crippen molar-refractivity contribution in [2.75, 3.05) is 32.1 Å². The van der Waals surface area contributed by atoms with Gasteiger partial charge in [0.15, 0.2) is 6.61 Å². The summed E-state index contributed by atoms with van der Waals surface area (Å²) >= 11 is 0. The van der Waals surface area contributed by atoms with Gasteiger partial charge in [0.25, 0.3) is 5.91 Å². The van der Waals surface area contributed by atoms with Crippen molar-refractivity contribution < 1.29 is 9.53 Å². The maximum atomic E-state index is 11.8. The molecule has 0 heterocycles. The minimum absolute atomic E-state index is 0.0443. The Balaban J connectivity index is 1.69. The van der Waals surface area contributed by atoms with Gasteiger partial charge in [0, 0.05) is 26.3 Å². The molecule has 0 fully saturated rings. The highest BCUT2D eigenvalue weighted by atomic mass is 16.5. The molecule has 0 saturated carbocycles. The zero-order valence-corrected chi connectivity index (χ0v) is 14.0. The molecule has 4 nitrogen and oxygen atoms in total. The number of benzene rings is 2. The number of amides is 1. The fourth-order valence-corrected chi connectivity index (χ4v) is 2.14. The van der Waals surface area contributed by atoms with E-state index < -0.39 is 0 Å². The molecule has 1 amide bonds. The lowest BCUT2D eigenvalue weighted by atomic mass is 10.1. The van der Waals surface area contributed by atoms with Gasteiger partial charge in [-0.25, -0.2) is 0 Å². The maximum Gasteiger partial charge on any atom is 0.257 e. The number of rotatable bonds is 7. The van der Waals surface area contributed by atoms with E-state index in [0.717, 1.165) is 6.42 Å². The average Bonchev–Trinajstić information content (AvgIpc) is 2.55. The highest BCUT2D eigenvalue weighted by Gasteiger charge is 2.03. The van der Waals surface area contributed by atoms with Crippen LogP contribution in [0.3, 0.4) is 0 Å². The number of aryl methyl sites for hydroxylation is 1. The third kappa shape index (κ3) is 5.66. The summed E-state index contributed by atoms with van der Waals surface area (Å²) in [7, 11) is 4.03. The number of carbonyl (C=O) groups is 1. The Bertz CT molecular complexity index is 619. The Hall–Kier alpha value is -2.49. The second-order valence-electron chi connectivity index (χ2n) is 5.76. The SMILES string of the molecule is Cc1ccc(OCC(=O)NCCc2ccc(N(C)C)cc2)cc1. The van der Waals surface area contributed by atoms with Gasteiger partial charge < -0.3 is 15.0 Å². The van der Waals surface area contributed by atoms with E-state index in [1.54, 1.807) is 0 Å². The second kappa shape index (κ2) is 8.22. The van der Waals surface area contributed by atoms with E-state index in [9.17, 15) is 4.79 Å². The molecule has 23 heavy (non-hydrogen) atoms. The van der Waals surface area contributed by atoms with Crippen LogP contribution >= 0.6 is 0 Å². The lowest BCUT2D eigenvalue weighted by molar-refractivity contribution is -0.123. The van der Waals surface area contributed by atoms with Gasteiger partial charge >= 0.3 is 0 Å². The smallest absolute Gasteiger partial charge is 0.257 e. The highest BCUT2D eigenvalue weighted by molar-refractivity contribution is 5.77. The molecule has 0 aliphatic carbocycles. The quantitative estimate of drug-likeness (QED) is 0.855. The van der Waals surface area contributed by atoms with Crippen molar-refractivity contribution in [1.29, 1.82) is 0 Å². The van der Waals surface area contributed by atoms with E-state index in [4.69, 9.17) is 4.74 Å². The molecule has 0 aromatic heterocycles. The number of nitrogens with zero attached hydrogens (tertiary/aromatic N) is 1. The molecule has 2 aromatic rings. The van der Waals surface area contributed by atoms with E-state index in [2.05, 4.69) is 34.5 Å². The normalized spacial score (nSPS) is 10.2. The summed E-state index contributed by atoms with van der Waals surface area (Å²) in [6.07, 6.45) is 0.810. The third-order valence-electron chi connectivity index (χ3n) is 3.58. The number of carbonyl (C=O) groups excluding carboxylic acids is 1. The van der Waals surface area contributed by atoms with Crippen LogP contribution in [-0.4, -0.2) is 33.2 Å². The van der Waals surface area contributed by atoms with E-state index in [0.29, 0.717) is 12.3 Å². The predicted molar refractivity (Wildman–Crippen MR) is 94.2 cm³/mol. The molecule has 0 spiro atoms. The molecule has 122 valence electrons. The Kier molecular flexibility index (Phi) is 6.03. The van der Waals surface area contributed by atoms with E-state index in [1.807, 2.05) is 45.3 Å². The van der Waals surface area contributed by atoms with Gasteiger partial charge in [0.1, 0.15) is 5.75 Å². The van der Waals surface area contributed by atoms with E-state index in [-0.39, 0.29) is 12.5 Å². The van der Waals surface area contributed by atoms with Gasteiger partial charge in [-0.2, -0.15) is 0 Å². The topological polar surface area (TPSA) is 41.6 Å². The number of nitrogens with one attached hydrogen (secondary N) is 1. The van der Waals surface area contributed by atoms with Crippen LogP contribution in [0.2, 0.25) is 0 Å². The number of ether oxygens (including phenoxy) is 1. The highest BCUT2D eigenvalue weighted by Crippen LogP contribution is 2.12. The van der Waals surface area contributed by atoms with Crippen LogP contribution < -0.4 is 15.0 Å². The molecule has 0 aliphatic heterocycles. The fourth-order valence-electron chi connectivity index (χ4n) is 2.14. The van der Waals surface area contributed by atoms with Gasteiger partial charge in [-0.05, 0) is 43.2 Å². The first kappa shape index (κ1) is 16.9. The van der Waals surface area contributed by atoms with Gasteiger partial charge in [0.05, 0.1) is 0 Å². The molecular weight excluding hydrogens is 288 g/mol. The molecule has 1 N–H and O–H groups in total. The summed E-state index contributed by atoms with van der Waals surface area (Å²) in [5.74, 6) is 0.612. The molecule has 4 heteroatoms. The molecule has 2 aromatic carbocycles. The summed E-state index contributed by atoms with van der Waals surface area (Å²) < 4.78 is 5.45. The van der Waals surface area contributed by atoms with Crippen molar-refractivity contribution in [2.45, 2.75) is 13.3 Å². The van der Waals surface area contributed by atoms with Crippen LogP contribution in [0.25, 0.3) is 0 Å².